The zero-order valence-electron chi connectivity index (χ0n) is 10.8. The molecule has 0 spiro atoms. The largest absolute Gasteiger partial charge is 0.481 e. The third-order valence-electron chi connectivity index (χ3n) is 3.04. The number of nitrogens with one attached hydrogen (secondary N) is 1. The average Bonchev–Trinajstić information content (AvgIpc) is 2.42. The Kier molecular flexibility index (Phi) is 4.28. The predicted molar refractivity (Wildman–Crippen MR) is 74.1 cm³/mol. The van der Waals surface area contributed by atoms with E-state index >= 15 is 0 Å². The van der Waals surface area contributed by atoms with Crippen LogP contribution in [-0.2, 0) is 4.79 Å². The van der Waals surface area contributed by atoms with Gasteiger partial charge in [0.15, 0.2) is 0 Å². The molecule has 0 aliphatic rings. The van der Waals surface area contributed by atoms with Crippen LogP contribution in [0.2, 0.25) is 0 Å². The Morgan fingerprint density at radius 1 is 1.42 bits per heavy atom. The summed E-state index contributed by atoms with van der Waals surface area (Å²) in [7, 11) is 0. The second-order valence-electron chi connectivity index (χ2n) is 4.69. The Balaban J connectivity index is 2.00. The van der Waals surface area contributed by atoms with Crippen molar-refractivity contribution in [2.45, 2.75) is 19.8 Å². The van der Waals surface area contributed by atoms with Gasteiger partial charge >= 0.3 is 5.97 Å². The van der Waals surface area contributed by atoms with Gasteiger partial charge in [-0.25, -0.2) is 0 Å². The van der Waals surface area contributed by atoms with Crippen molar-refractivity contribution in [3.8, 4) is 0 Å². The fraction of sp³-hybridized carbons (Fsp3) is 0.357. The maximum atomic E-state index is 10.5. The summed E-state index contributed by atoms with van der Waals surface area (Å²) in [5.41, 5.74) is 1.79. The van der Waals surface area contributed by atoms with E-state index in [4.69, 9.17) is 5.11 Å². The summed E-state index contributed by atoms with van der Waals surface area (Å²) in [6.45, 7) is 2.76. The number of benzene rings is 1. The Morgan fingerprint density at radius 2 is 2.21 bits per heavy atom. The van der Waals surface area contributed by atoms with Gasteiger partial charge in [0.25, 0.3) is 0 Å². The normalized spacial score (nSPS) is 12.3. The number of aromatic nitrogens is 2. The standard InChI is InChI=1S/C14H17N3O2/c1-10(6-7-14(18)19)8-15-13-9-16-17-12-5-3-2-4-11(12)13/h2-5,9-10H,6-8H2,1H3,(H,15,17)(H,18,19). The van der Waals surface area contributed by atoms with E-state index in [1.807, 2.05) is 31.2 Å². The number of carboxylic acid groups (broad SMARTS) is 1. The van der Waals surface area contributed by atoms with E-state index in [-0.39, 0.29) is 6.42 Å². The number of anilines is 1. The molecule has 0 aliphatic carbocycles. The van der Waals surface area contributed by atoms with Crippen molar-refractivity contribution < 1.29 is 9.90 Å². The van der Waals surface area contributed by atoms with Crippen molar-refractivity contribution >= 4 is 22.6 Å². The fourth-order valence-electron chi connectivity index (χ4n) is 1.90. The molecule has 0 aliphatic heterocycles. The van der Waals surface area contributed by atoms with E-state index in [2.05, 4.69) is 15.5 Å². The molecule has 0 amide bonds. The fourth-order valence-corrected chi connectivity index (χ4v) is 1.90. The minimum absolute atomic E-state index is 0.207. The number of fused-ring (bicyclic) bond motifs is 1. The van der Waals surface area contributed by atoms with Gasteiger partial charge in [-0.3, -0.25) is 4.79 Å². The van der Waals surface area contributed by atoms with E-state index in [0.29, 0.717) is 12.3 Å². The van der Waals surface area contributed by atoms with Gasteiger partial charge in [-0.2, -0.15) is 10.2 Å². The number of nitrogens with zero attached hydrogens (tertiary/aromatic N) is 2. The molecule has 0 fully saturated rings. The second-order valence-corrected chi connectivity index (χ2v) is 4.69. The van der Waals surface area contributed by atoms with Crippen molar-refractivity contribution in [1.82, 2.24) is 10.2 Å². The molecule has 19 heavy (non-hydrogen) atoms. The molecule has 2 aromatic rings. The highest BCUT2D eigenvalue weighted by molar-refractivity contribution is 5.90. The molecule has 1 aromatic carbocycles. The first-order valence-electron chi connectivity index (χ1n) is 6.33. The molecule has 100 valence electrons. The lowest BCUT2D eigenvalue weighted by molar-refractivity contribution is -0.137. The summed E-state index contributed by atoms with van der Waals surface area (Å²) >= 11 is 0. The Labute approximate surface area is 111 Å². The van der Waals surface area contributed by atoms with Crippen LogP contribution in [-0.4, -0.2) is 27.8 Å². The maximum Gasteiger partial charge on any atom is 0.303 e. The van der Waals surface area contributed by atoms with E-state index in [9.17, 15) is 4.79 Å². The summed E-state index contributed by atoms with van der Waals surface area (Å²) < 4.78 is 0. The SMILES string of the molecule is CC(CCC(=O)O)CNc1cnnc2ccccc12. The highest BCUT2D eigenvalue weighted by Crippen LogP contribution is 2.20. The highest BCUT2D eigenvalue weighted by Gasteiger charge is 2.07. The van der Waals surface area contributed by atoms with Gasteiger partial charge in [0, 0.05) is 18.4 Å². The number of rotatable bonds is 6. The summed E-state index contributed by atoms with van der Waals surface area (Å²) in [6.07, 6.45) is 2.57. The van der Waals surface area contributed by atoms with E-state index in [0.717, 1.165) is 23.1 Å². The van der Waals surface area contributed by atoms with Gasteiger partial charge in [-0.15, -0.1) is 0 Å². The molecule has 1 heterocycles. The summed E-state index contributed by atoms with van der Waals surface area (Å²) in [5, 5.41) is 21.0. The Bertz CT molecular complexity index is 566. The van der Waals surface area contributed by atoms with Crippen LogP contribution in [0.25, 0.3) is 10.9 Å². The first-order valence-corrected chi connectivity index (χ1v) is 6.33. The second kappa shape index (κ2) is 6.13. The molecule has 2 N–H and O–H groups in total. The Morgan fingerprint density at radius 3 is 3.00 bits per heavy atom. The maximum absolute atomic E-state index is 10.5. The van der Waals surface area contributed by atoms with Gasteiger partial charge in [0.1, 0.15) is 0 Å². The van der Waals surface area contributed by atoms with Gasteiger partial charge in [-0.05, 0) is 18.4 Å². The molecule has 1 aromatic heterocycles. The first kappa shape index (κ1) is 13.3. The van der Waals surface area contributed by atoms with E-state index in [1.165, 1.54) is 0 Å². The predicted octanol–water partition coefficient (Wildman–Crippen LogP) is 2.54. The first-order chi connectivity index (χ1) is 9.16. The third kappa shape index (κ3) is 3.64. The molecular weight excluding hydrogens is 242 g/mol. The average molecular weight is 259 g/mol. The molecule has 0 bridgehead atoms. The van der Waals surface area contributed by atoms with Crippen molar-refractivity contribution in [1.29, 1.82) is 0 Å². The van der Waals surface area contributed by atoms with E-state index < -0.39 is 5.97 Å². The van der Waals surface area contributed by atoms with Gasteiger partial charge in [-0.1, -0.05) is 25.1 Å². The number of aliphatic carboxylic acids is 1. The lowest BCUT2D eigenvalue weighted by Gasteiger charge is -2.13. The van der Waals surface area contributed by atoms with Crippen LogP contribution in [0.4, 0.5) is 5.69 Å². The molecule has 1 atom stereocenters. The molecular formula is C14H17N3O2. The van der Waals surface area contributed by atoms with Gasteiger partial charge in [0.2, 0.25) is 0 Å². The van der Waals surface area contributed by atoms with Crippen molar-refractivity contribution in [3.63, 3.8) is 0 Å². The molecule has 0 radical (unpaired) electrons. The number of carboxylic acids is 1. The zero-order chi connectivity index (χ0) is 13.7. The van der Waals surface area contributed by atoms with Crippen LogP contribution in [0.3, 0.4) is 0 Å². The van der Waals surface area contributed by atoms with Crippen LogP contribution in [0.5, 0.6) is 0 Å². The number of hydrogen-bond acceptors (Lipinski definition) is 4. The highest BCUT2D eigenvalue weighted by atomic mass is 16.4. The summed E-state index contributed by atoms with van der Waals surface area (Å²) in [4.78, 5) is 10.5. The molecule has 5 heteroatoms. The quantitative estimate of drug-likeness (QED) is 0.833. The third-order valence-corrected chi connectivity index (χ3v) is 3.04. The lowest BCUT2D eigenvalue weighted by Crippen LogP contribution is -2.13. The van der Waals surface area contributed by atoms with Crippen molar-refractivity contribution in [2.24, 2.45) is 5.92 Å². The smallest absolute Gasteiger partial charge is 0.303 e. The molecule has 0 saturated carbocycles. The molecule has 2 rings (SSSR count). The minimum Gasteiger partial charge on any atom is -0.481 e. The van der Waals surface area contributed by atoms with E-state index in [1.54, 1.807) is 6.20 Å². The van der Waals surface area contributed by atoms with Crippen LogP contribution in [0, 0.1) is 5.92 Å². The Hall–Kier alpha value is -2.17. The van der Waals surface area contributed by atoms with Gasteiger partial charge < -0.3 is 10.4 Å². The van der Waals surface area contributed by atoms with Crippen LogP contribution in [0.1, 0.15) is 19.8 Å². The van der Waals surface area contributed by atoms with Gasteiger partial charge in [0.05, 0.1) is 17.4 Å². The van der Waals surface area contributed by atoms with Crippen LogP contribution >= 0.6 is 0 Å². The monoisotopic (exact) mass is 259 g/mol. The van der Waals surface area contributed by atoms with Crippen molar-refractivity contribution in [2.75, 3.05) is 11.9 Å². The number of hydrogen-bond donors (Lipinski definition) is 2. The summed E-state index contributed by atoms with van der Waals surface area (Å²) in [5.74, 6) is -0.453. The topological polar surface area (TPSA) is 75.1 Å². The number of carbonyl (C=O) groups is 1. The minimum atomic E-state index is -0.747. The zero-order valence-corrected chi connectivity index (χ0v) is 10.8. The van der Waals surface area contributed by atoms with Crippen LogP contribution < -0.4 is 5.32 Å². The van der Waals surface area contributed by atoms with Crippen molar-refractivity contribution in [3.05, 3.63) is 30.5 Å². The molecule has 0 saturated heterocycles. The van der Waals surface area contributed by atoms with Crippen LogP contribution in [0.15, 0.2) is 30.5 Å². The lowest BCUT2D eigenvalue weighted by atomic mass is 10.1. The summed E-state index contributed by atoms with van der Waals surface area (Å²) in [6, 6.07) is 7.80. The molecule has 1 unspecified atom stereocenters. The molecule has 5 nitrogen and oxygen atoms in total.